The van der Waals surface area contributed by atoms with Crippen LogP contribution < -0.4 is 5.32 Å². The van der Waals surface area contributed by atoms with Gasteiger partial charge >= 0.3 is 6.03 Å². The van der Waals surface area contributed by atoms with E-state index in [0.29, 0.717) is 25.5 Å². The maximum Gasteiger partial charge on any atom is 0.323 e. The monoisotopic (exact) mass is 307 g/mol. The van der Waals surface area contributed by atoms with Gasteiger partial charge in [0, 0.05) is 45.5 Å². The third-order valence-corrected chi connectivity index (χ3v) is 4.16. The minimum Gasteiger partial charge on any atom is -0.373 e. The highest BCUT2D eigenvalue weighted by Gasteiger charge is 2.28. The number of carbonyl (C=O) groups is 1. The average Bonchev–Trinajstić information content (AvgIpc) is 3.20. The molecule has 7 heteroatoms. The Morgan fingerprint density at radius 1 is 1.50 bits per heavy atom. The van der Waals surface area contributed by atoms with Crippen LogP contribution in [0.25, 0.3) is 0 Å². The van der Waals surface area contributed by atoms with Gasteiger partial charge in [0.25, 0.3) is 0 Å². The number of ether oxygens (including phenoxy) is 1. The van der Waals surface area contributed by atoms with E-state index in [-0.39, 0.29) is 12.1 Å². The zero-order valence-corrected chi connectivity index (χ0v) is 13.4. The zero-order chi connectivity index (χ0) is 15.5. The summed E-state index contributed by atoms with van der Waals surface area (Å²) in [4.78, 5) is 16.4. The SMILES string of the molecule is CN(CC1CC1)C[C@H]1CN(C(=O)Nc2ccn(C)n2)CCO1. The van der Waals surface area contributed by atoms with E-state index in [0.717, 1.165) is 19.0 Å². The van der Waals surface area contributed by atoms with Crippen molar-refractivity contribution in [3.63, 3.8) is 0 Å². The first kappa shape index (κ1) is 15.3. The standard InChI is InChI=1S/C15H25N5O2/c1-18(9-12-3-4-12)10-13-11-20(7-8-22-13)15(21)16-14-5-6-19(2)17-14/h5-6,12-13H,3-4,7-11H2,1-2H3,(H,16,17,21)/t13-/m0/s1. The molecule has 0 radical (unpaired) electrons. The highest BCUT2D eigenvalue weighted by atomic mass is 16.5. The first-order valence-electron chi connectivity index (χ1n) is 7.96. The molecule has 1 aromatic rings. The predicted octanol–water partition coefficient (Wildman–Crippen LogP) is 0.995. The predicted molar refractivity (Wildman–Crippen MR) is 83.8 cm³/mol. The number of hydrogen-bond donors (Lipinski definition) is 1. The number of urea groups is 1. The third-order valence-electron chi connectivity index (χ3n) is 4.16. The number of carbonyl (C=O) groups excluding carboxylic acids is 1. The Labute approximate surface area is 131 Å². The molecule has 122 valence electrons. The Bertz CT molecular complexity index is 514. The lowest BCUT2D eigenvalue weighted by Gasteiger charge is -2.34. The number of rotatable bonds is 5. The molecule has 0 unspecified atom stereocenters. The summed E-state index contributed by atoms with van der Waals surface area (Å²) in [7, 11) is 3.96. The zero-order valence-electron chi connectivity index (χ0n) is 13.4. The van der Waals surface area contributed by atoms with Gasteiger partial charge in [0.2, 0.25) is 0 Å². The van der Waals surface area contributed by atoms with Crippen LogP contribution in [0.4, 0.5) is 10.6 Å². The molecule has 2 amide bonds. The second-order valence-electron chi connectivity index (χ2n) is 6.41. The van der Waals surface area contributed by atoms with Crippen molar-refractivity contribution in [2.75, 3.05) is 45.2 Å². The number of aryl methyl sites for hydroxylation is 1. The first-order valence-corrected chi connectivity index (χ1v) is 7.96. The van der Waals surface area contributed by atoms with Crippen molar-refractivity contribution in [1.29, 1.82) is 0 Å². The van der Waals surface area contributed by atoms with E-state index < -0.39 is 0 Å². The fourth-order valence-electron chi connectivity index (χ4n) is 2.85. The maximum atomic E-state index is 12.3. The minimum atomic E-state index is -0.100. The average molecular weight is 307 g/mol. The van der Waals surface area contributed by atoms with Crippen LogP contribution in [-0.2, 0) is 11.8 Å². The lowest BCUT2D eigenvalue weighted by atomic mass is 10.2. The van der Waals surface area contributed by atoms with E-state index in [1.54, 1.807) is 10.7 Å². The largest absolute Gasteiger partial charge is 0.373 e. The van der Waals surface area contributed by atoms with Gasteiger partial charge in [-0.25, -0.2) is 4.79 Å². The summed E-state index contributed by atoms with van der Waals surface area (Å²) in [6, 6.07) is 1.69. The van der Waals surface area contributed by atoms with Crippen LogP contribution in [0.15, 0.2) is 12.3 Å². The van der Waals surface area contributed by atoms with Crippen LogP contribution in [0, 0.1) is 5.92 Å². The Morgan fingerprint density at radius 2 is 2.32 bits per heavy atom. The number of amides is 2. The number of nitrogens with one attached hydrogen (secondary N) is 1. The molecule has 2 aliphatic rings. The Morgan fingerprint density at radius 3 is 3.00 bits per heavy atom. The number of nitrogens with zero attached hydrogens (tertiary/aromatic N) is 4. The first-order chi connectivity index (χ1) is 10.6. The molecule has 1 aliphatic heterocycles. The molecule has 2 heterocycles. The topological polar surface area (TPSA) is 62.6 Å². The number of hydrogen-bond acceptors (Lipinski definition) is 4. The molecule has 7 nitrogen and oxygen atoms in total. The van der Waals surface area contributed by atoms with Gasteiger partial charge in [0.1, 0.15) is 0 Å². The summed E-state index contributed by atoms with van der Waals surface area (Å²) in [5.41, 5.74) is 0. The lowest BCUT2D eigenvalue weighted by Crippen LogP contribution is -2.50. The number of aromatic nitrogens is 2. The van der Waals surface area contributed by atoms with E-state index in [4.69, 9.17) is 4.74 Å². The van der Waals surface area contributed by atoms with Crippen LogP contribution in [0.1, 0.15) is 12.8 Å². The van der Waals surface area contributed by atoms with Crippen LogP contribution in [0.2, 0.25) is 0 Å². The molecule has 3 rings (SSSR count). The van der Waals surface area contributed by atoms with Crippen molar-refractivity contribution in [2.45, 2.75) is 18.9 Å². The molecule has 1 atom stereocenters. The van der Waals surface area contributed by atoms with Gasteiger partial charge in [-0.2, -0.15) is 5.10 Å². The van der Waals surface area contributed by atoms with Gasteiger partial charge in [0.05, 0.1) is 12.7 Å². The Balaban J connectivity index is 1.47. The van der Waals surface area contributed by atoms with Crippen molar-refractivity contribution in [2.24, 2.45) is 13.0 Å². The number of likely N-dealkylation sites (N-methyl/N-ethyl adjacent to an activating group) is 1. The van der Waals surface area contributed by atoms with E-state index in [9.17, 15) is 4.79 Å². The van der Waals surface area contributed by atoms with Crippen molar-refractivity contribution in [3.05, 3.63) is 12.3 Å². The summed E-state index contributed by atoms with van der Waals surface area (Å²) < 4.78 is 7.47. The van der Waals surface area contributed by atoms with Crippen LogP contribution in [0.5, 0.6) is 0 Å². The van der Waals surface area contributed by atoms with Gasteiger partial charge in [0.15, 0.2) is 5.82 Å². The van der Waals surface area contributed by atoms with E-state index in [1.807, 2.05) is 18.1 Å². The minimum absolute atomic E-state index is 0.0898. The van der Waals surface area contributed by atoms with Gasteiger partial charge in [-0.15, -0.1) is 0 Å². The van der Waals surface area contributed by atoms with Crippen molar-refractivity contribution in [1.82, 2.24) is 19.6 Å². The van der Waals surface area contributed by atoms with Crippen LogP contribution in [-0.4, -0.2) is 71.5 Å². The highest BCUT2D eigenvalue weighted by Crippen LogP contribution is 2.29. The quantitative estimate of drug-likeness (QED) is 0.881. The Hall–Kier alpha value is -1.60. The van der Waals surface area contributed by atoms with Crippen LogP contribution in [0.3, 0.4) is 0 Å². The number of anilines is 1. The summed E-state index contributed by atoms with van der Waals surface area (Å²) in [6.07, 6.45) is 4.61. The van der Waals surface area contributed by atoms with Gasteiger partial charge in [-0.05, 0) is 25.8 Å². The van der Waals surface area contributed by atoms with Crippen molar-refractivity contribution < 1.29 is 9.53 Å². The third kappa shape index (κ3) is 4.20. The Kier molecular flexibility index (Phi) is 4.63. The van der Waals surface area contributed by atoms with E-state index in [2.05, 4.69) is 22.4 Å². The normalized spacial score (nSPS) is 22.1. The second-order valence-corrected chi connectivity index (χ2v) is 6.41. The fraction of sp³-hybridized carbons (Fsp3) is 0.733. The van der Waals surface area contributed by atoms with Crippen molar-refractivity contribution in [3.8, 4) is 0 Å². The summed E-state index contributed by atoms with van der Waals surface area (Å²) in [5.74, 6) is 1.46. The molecule has 22 heavy (non-hydrogen) atoms. The van der Waals surface area contributed by atoms with E-state index >= 15 is 0 Å². The molecular formula is C15H25N5O2. The van der Waals surface area contributed by atoms with Gasteiger partial charge in [-0.1, -0.05) is 0 Å². The second kappa shape index (κ2) is 6.66. The maximum absolute atomic E-state index is 12.3. The molecule has 0 bridgehead atoms. The van der Waals surface area contributed by atoms with Crippen molar-refractivity contribution >= 4 is 11.8 Å². The molecule has 1 saturated heterocycles. The summed E-state index contributed by atoms with van der Waals surface area (Å²) in [6.45, 7) is 3.87. The number of morpholine rings is 1. The molecule has 1 saturated carbocycles. The lowest BCUT2D eigenvalue weighted by molar-refractivity contribution is -0.0261. The summed E-state index contributed by atoms with van der Waals surface area (Å²) in [5, 5.41) is 7.01. The molecule has 1 N–H and O–H groups in total. The van der Waals surface area contributed by atoms with E-state index in [1.165, 1.54) is 12.8 Å². The fourth-order valence-corrected chi connectivity index (χ4v) is 2.85. The summed E-state index contributed by atoms with van der Waals surface area (Å²) >= 11 is 0. The smallest absolute Gasteiger partial charge is 0.323 e. The highest BCUT2D eigenvalue weighted by molar-refractivity contribution is 5.88. The molecule has 1 aromatic heterocycles. The molecule has 1 aliphatic carbocycles. The van der Waals surface area contributed by atoms with Crippen LogP contribution >= 0.6 is 0 Å². The molecule has 0 aromatic carbocycles. The van der Waals surface area contributed by atoms with Gasteiger partial charge < -0.3 is 14.5 Å². The molecule has 2 fully saturated rings. The molecule has 0 spiro atoms. The van der Waals surface area contributed by atoms with Gasteiger partial charge in [-0.3, -0.25) is 10.00 Å². The molecular weight excluding hydrogens is 282 g/mol.